The van der Waals surface area contributed by atoms with Crippen molar-refractivity contribution in [2.24, 2.45) is 0 Å². The molecule has 2 atom stereocenters. The van der Waals surface area contributed by atoms with Crippen molar-refractivity contribution in [2.75, 3.05) is 6.54 Å². The third-order valence-corrected chi connectivity index (χ3v) is 5.32. The number of hydrogen-bond acceptors (Lipinski definition) is 2. The average molecular weight is 352 g/mol. The van der Waals surface area contributed by atoms with Gasteiger partial charge in [0.15, 0.2) is 0 Å². The Morgan fingerprint density at radius 2 is 1.90 bits per heavy atom. The van der Waals surface area contributed by atoms with Gasteiger partial charge in [0.25, 0.3) is 0 Å². The zero-order chi connectivity index (χ0) is 14.5. The molecule has 0 aliphatic carbocycles. The molecule has 0 fully saturated rings. The molecule has 2 unspecified atom stereocenters. The fourth-order valence-electron chi connectivity index (χ4n) is 2.82. The summed E-state index contributed by atoms with van der Waals surface area (Å²) in [7, 11) is 0. The van der Waals surface area contributed by atoms with E-state index in [1.54, 1.807) is 0 Å². The Labute approximate surface area is 134 Å². The minimum atomic E-state index is 0.384. The molecule has 3 heteroatoms. The summed E-state index contributed by atoms with van der Waals surface area (Å²) < 4.78 is 1.22. The highest BCUT2D eigenvalue weighted by Crippen LogP contribution is 2.39. The standard InChI is InChI=1S/C17H22BrNS/c1-4-14(13-9-7-6-8-10-13)17(19-5-2)15-11-16(18)20-12(15)3/h6-11,14,17,19H,4-5H2,1-3H3. The first kappa shape index (κ1) is 15.7. The Kier molecular flexibility index (Phi) is 5.82. The lowest BCUT2D eigenvalue weighted by Gasteiger charge is -2.28. The lowest BCUT2D eigenvalue weighted by Crippen LogP contribution is -2.27. The van der Waals surface area contributed by atoms with Crippen molar-refractivity contribution in [2.45, 2.75) is 39.2 Å². The third-order valence-electron chi connectivity index (χ3n) is 3.76. The molecule has 1 aromatic heterocycles. The molecule has 1 aromatic carbocycles. The van der Waals surface area contributed by atoms with Gasteiger partial charge in [-0.05, 0) is 53.0 Å². The van der Waals surface area contributed by atoms with Crippen LogP contribution in [0.2, 0.25) is 0 Å². The Morgan fingerprint density at radius 3 is 2.40 bits per heavy atom. The lowest BCUT2D eigenvalue weighted by atomic mass is 9.85. The maximum absolute atomic E-state index is 3.69. The van der Waals surface area contributed by atoms with Crippen LogP contribution in [0.25, 0.3) is 0 Å². The summed E-state index contributed by atoms with van der Waals surface area (Å²) in [6.45, 7) is 7.66. The van der Waals surface area contributed by atoms with Gasteiger partial charge in [0.05, 0.1) is 3.79 Å². The molecule has 0 aliphatic heterocycles. The minimum Gasteiger partial charge on any atom is -0.310 e. The molecular formula is C17H22BrNS. The smallest absolute Gasteiger partial charge is 0.0704 e. The van der Waals surface area contributed by atoms with Crippen LogP contribution in [0, 0.1) is 6.92 Å². The molecule has 0 saturated carbocycles. The monoisotopic (exact) mass is 351 g/mol. The van der Waals surface area contributed by atoms with E-state index in [0.717, 1.165) is 13.0 Å². The number of halogens is 1. The number of benzene rings is 1. The van der Waals surface area contributed by atoms with Gasteiger partial charge in [-0.15, -0.1) is 11.3 Å². The van der Waals surface area contributed by atoms with E-state index in [9.17, 15) is 0 Å². The summed E-state index contributed by atoms with van der Waals surface area (Å²) in [5.41, 5.74) is 2.85. The van der Waals surface area contributed by atoms with Gasteiger partial charge in [-0.25, -0.2) is 0 Å². The minimum absolute atomic E-state index is 0.384. The quantitative estimate of drug-likeness (QED) is 0.707. The van der Waals surface area contributed by atoms with Crippen molar-refractivity contribution in [1.82, 2.24) is 5.32 Å². The van der Waals surface area contributed by atoms with E-state index in [2.05, 4.69) is 78.4 Å². The summed E-state index contributed by atoms with van der Waals surface area (Å²) in [4.78, 5) is 1.40. The number of thiophene rings is 1. The van der Waals surface area contributed by atoms with Crippen LogP contribution in [0.5, 0.6) is 0 Å². The summed E-state index contributed by atoms with van der Waals surface area (Å²) in [5, 5.41) is 3.69. The van der Waals surface area contributed by atoms with E-state index < -0.39 is 0 Å². The summed E-state index contributed by atoms with van der Waals surface area (Å²) >= 11 is 5.44. The molecule has 2 rings (SSSR count). The predicted molar refractivity (Wildman–Crippen MR) is 92.6 cm³/mol. The first-order valence-electron chi connectivity index (χ1n) is 7.21. The number of hydrogen-bond donors (Lipinski definition) is 1. The molecule has 0 amide bonds. The molecule has 0 aliphatic rings. The van der Waals surface area contributed by atoms with E-state index in [1.165, 1.54) is 19.8 Å². The summed E-state index contributed by atoms with van der Waals surface area (Å²) in [5.74, 6) is 0.511. The second-order valence-corrected chi connectivity index (χ2v) is 7.66. The lowest BCUT2D eigenvalue weighted by molar-refractivity contribution is 0.445. The Hall–Kier alpha value is -0.640. The predicted octanol–water partition coefficient (Wildman–Crippen LogP) is 5.66. The summed E-state index contributed by atoms with van der Waals surface area (Å²) in [6, 6.07) is 13.5. The van der Waals surface area contributed by atoms with Gasteiger partial charge in [0.1, 0.15) is 0 Å². The van der Waals surface area contributed by atoms with Gasteiger partial charge in [-0.2, -0.15) is 0 Å². The van der Waals surface area contributed by atoms with Crippen LogP contribution in [0.15, 0.2) is 40.2 Å². The fourth-order valence-corrected chi connectivity index (χ4v) is 4.58. The zero-order valence-electron chi connectivity index (χ0n) is 12.3. The molecule has 2 aromatic rings. The van der Waals surface area contributed by atoms with E-state index in [4.69, 9.17) is 0 Å². The fraction of sp³-hybridized carbons (Fsp3) is 0.412. The Bertz CT molecular complexity index is 535. The van der Waals surface area contributed by atoms with E-state index in [-0.39, 0.29) is 0 Å². The molecule has 108 valence electrons. The van der Waals surface area contributed by atoms with Crippen molar-refractivity contribution >= 4 is 27.3 Å². The molecule has 0 spiro atoms. The molecule has 1 nitrogen and oxygen atoms in total. The van der Waals surface area contributed by atoms with Crippen molar-refractivity contribution in [3.8, 4) is 0 Å². The van der Waals surface area contributed by atoms with Gasteiger partial charge < -0.3 is 5.32 Å². The topological polar surface area (TPSA) is 12.0 Å². The molecule has 0 radical (unpaired) electrons. The second-order valence-electron chi connectivity index (χ2n) is 5.02. The van der Waals surface area contributed by atoms with Crippen LogP contribution < -0.4 is 5.32 Å². The zero-order valence-corrected chi connectivity index (χ0v) is 14.7. The first-order chi connectivity index (χ1) is 9.67. The van der Waals surface area contributed by atoms with Gasteiger partial charge in [-0.3, -0.25) is 0 Å². The summed E-state index contributed by atoms with van der Waals surface area (Å²) in [6.07, 6.45) is 1.13. The van der Waals surface area contributed by atoms with Crippen LogP contribution in [-0.2, 0) is 0 Å². The Morgan fingerprint density at radius 1 is 1.20 bits per heavy atom. The average Bonchev–Trinajstić information content (AvgIpc) is 2.78. The third kappa shape index (κ3) is 3.51. The molecule has 0 bridgehead atoms. The molecular weight excluding hydrogens is 330 g/mol. The van der Waals surface area contributed by atoms with Crippen molar-refractivity contribution in [1.29, 1.82) is 0 Å². The van der Waals surface area contributed by atoms with Crippen LogP contribution in [0.4, 0.5) is 0 Å². The highest BCUT2D eigenvalue weighted by molar-refractivity contribution is 9.11. The number of likely N-dealkylation sites (N-methyl/N-ethyl adjacent to an activating group) is 1. The van der Waals surface area contributed by atoms with Crippen molar-refractivity contribution in [3.63, 3.8) is 0 Å². The van der Waals surface area contributed by atoms with E-state index in [1.807, 2.05) is 11.3 Å². The largest absolute Gasteiger partial charge is 0.310 e. The highest BCUT2D eigenvalue weighted by atomic mass is 79.9. The van der Waals surface area contributed by atoms with Crippen LogP contribution in [-0.4, -0.2) is 6.54 Å². The van der Waals surface area contributed by atoms with Crippen LogP contribution in [0.3, 0.4) is 0 Å². The second kappa shape index (κ2) is 7.39. The van der Waals surface area contributed by atoms with E-state index in [0.29, 0.717) is 12.0 Å². The van der Waals surface area contributed by atoms with Gasteiger partial charge in [-0.1, -0.05) is 44.2 Å². The molecule has 20 heavy (non-hydrogen) atoms. The number of aryl methyl sites for hydroxylation is 1. The van der Waals surface area contributed by atoms with Crippen molar-refractivity contribution in [3.05, 3.63) is 56.2 Å². The molecule has 0 saturated heterocycles. The maximum atomic E-state index is 3.69. The van der Waals surface area contributed by atoms with Crippen LogP contribution in [0.1, 0.15) is 48.2 Å². The maximum Gasteiger partial charge on any atom is 0.0704 e. The molecule has 1 heterocycles. The van der Waals surface area contributed by atoms with Gasteiger partial charge >= 0.3 is 0 Å². The number of rotatable bonds is 6. The molecule has 1 N–H and O–H groups in total. The van der Waals surface area contributed by atoms with E-state index >= 15 is 0 Å². The first-order valence-corrected chi connectivity index (χ1v) is 8.82. The SMILES string of the molecule is CCNC(c1cc(Br)sc1C)C(CC)c1ccccc1. The van der Waals surface area contributed by atoms with Crippen LogP contribution >= 0.6 is 27.3 Å². The van der Waals surface area contributed by atoms with Gasteiger partial charge in [0, 0.05) is 16.8 Å². The van der Waals surface area contributed by atoms with Crippen molar-refractivity contribution < 1.29 is 0 Å². The number of nitrogens with one attached hydrogen (secondary N) is 1. The van der Waals surface area contributed by atoms with Gasteiger partial charge in [0.2, 0.25) is 0 Å². The highest BCUT2D eigenvalue weighted by Gasteiger charge is 2.25. The normalized spacial score (nSPS) is 14.2. The Balaban J connectivity index is 2.38.